The standard InChI is InChI=1S/C16H16N2O5S/c1-11-8-12(5-6-14(11)18(21)22)16(20)23-10-15(19)17(2)9-13-4-3-7-24-13/h3-8H,9-10H2,1-2H3. The molecule has 2 rings (SSSR count). The minimum Gasteiger partial charge on any atom is -0.452 e. The molecule has 0 saturated heterocycles. The van der Waals surface area contributed by atoms with Crippen molar-refractivity contribution in [1.82, 2.24) is 4.90 Å². The number of amides is 1. The first kappa shape index (κ1) is 17.6. The molecule has 2 aromatic rings. The molecule has 0 bridgehead atoms. The van der Waals surface area contributed by atoms with Crippen LogP contribution in [0.5, 0.6) is 0 Å². The van der Waals surface area contributed by atoms with E-state index < -0.39 is 10.9 Å². The number of nitrogens with zero attached hydrogens (tertiary/aromatic N) is 2. The topological polar surface area (TPSA) is 89.8 Å². The summed E-state index contributed by atoms with van der Waals surface area (Å²) in [5, 5.41) is 12.7. The van der Waals surface area contributed by atoms with Gasteiger partial charge in [-0.2, -0.15) is 0 Å². The van der Waals surface area contributed by atoms with E-state index in [-0.39, 0.29) is 23.8 Å². The fraction of sp³-hybridized carbons (Fsp3) is 0.250. The Labute approximate surface area is 142 Å². The van der Waals surface area contributed by atoms with Crippen molar-refractivity contribution in [2.24, 2.45) is 0 Å². The van der Waals surface area contributed by atoms with Gasteiger partial charge >= 0.3 is 5.97 Å². The minimum absolute atomic E-state index is 0.0710. The van der Waals surface area contributed by atoms with Crippen molar-refractivity contribution in [3.8, 4) is 0 Å². The number of hydrogen-bond donors (Lipinski definition) is 0. The Hall–Kier alpha value is -2.74. The number of ether oxygens (including phenoxy) is 1. The van der Waals surface area contributed by atoms with Crippen LogP contribution < -0.4 is 0 Å². The van der Waals surface area contributed by atoms with E-state index in [1.165, 1.54) is 41.4 Å². The molecule has 0 aliphatic rings. The molecule has 0 saturated carbocycles. The van der Waals surface area contributed by atoms with Crippen LogP contribution in [0.2, 0.25) is 0 Å². The lowest BCUT2D eigenvalue weighted by molar-refractivity contribution is -0.385. The number of carbonyl (C=O) groups is 2. The van der Waals surface area contributed by atoms with E-state index in [1.807, 2.05) is 17.5 Å². The first-order chi connectivity index (χ1) is 11.4. The molecule has 0 aliphatic heterocycles. The van der Waals surface area contributed by atoms with Crippen LogP contribution in [0.4, 0.5) is 5.69 Å². The molecule has 0 unspecified atom stereocenters. The molecule has 126 valence electrons. The second-order valence-electron chi connectivity index (χ2n) is 5.16. The number of nitro groups is 1. The third-order valence-electron chi connectivity index (χ3n) is 3.35. The zero-order valence-corrected chi connectivity index (χ0v) is 14.0. The highest BCUT2D eigenvalue weighted by Gasteiger charge is 2.17. The van der Waals surface area contributed by atoms with E-state index in [4.69, 9.17) is 4.74 Å². The molecule has 24 heavy (non-hydrogen) atoms. The van der Waals surface area contributed by atoms with Gasteiger partial charge in [-0.3, -0.25) is 14.9 Å². The van der Waals surface area contributed by atoms with Gasteiger partial charge in [-0.1, -0.05) is 6.07 Å². The molecule has 1 aromatic heterocycles. The van der Waals surface area contributed by atoms with Gasteiger partial charge in [-0.25, -0.2) is 4.79 Å². The molecule has 8 heteroatoms. The van der Waals surface area contributed by atoms with Crippen LogP contribution in [0.25, 0.3) is 0 Å². The molecule has 1 amide bonds. The molecular weight excluding hydrogens is 332 g/mol. The second-order valence-corrected chi connectivity index (χ2v) is 6.20. The predicted molar refractivity (Wildman–Crippen MR) is 88.9 cm³/mol. The van der Waals surface area contributed by atoms with Crippen LogP contribution in [0.3, 0.4) is 0 Å². The van der Waals surface area contributed by atoms with Crippen LogP contribution in [0.1, 0.15) is 20.8 Å². The van der Waals surface area contributed by atoms with E-state index in [2.05, 4.69) is 0 Å². The van der Waals surface area contributed by atoms with Crippen LogP contribution in [0, 0.1) is 17.0 Å². The quantitative estimate of drug-likeness (QED) is 0.455. The van der Waals surface area contributed by atoms with Crippen molar-refractivity contribution >= 4 is 28.9 Å². The van der Waals surface area contributed by atoms with E-state index in [0.29, 0.717) is 12.1 Å². The van der Waals surface area contributed by atoms with Gasteiger partial charge in [0.25, 0.3) is 11.6 Å². The number of benzene rings is 1. The maximum Gasteiger partial charge on any atom is 0.338 e. The average Bonchev–Trinajstić information content (AvgIpc) is 3.04. The molecule has 0 N–H and O–H groups in total. The normalized spacial score (nSPS) is 10.2. The van der Waals surface area contributed by atoms with Gasteiger partial charge in [-0.05, 0) is 30.5 Å². The molecule has 0 fully saturated rings. The highest BCUT2D eigenvalue weighted by atomic mass is 32.1. The molecular formula is C16H16N2O5S. The molecule has 0 aliphatic carbocycles. The van der Waals surface area contributed by atoms with Crippen molar-refractivity contribution < 1.29 is 19.2 Å². The van der Waals surface area contributed by atoms with Crippen LogP contribution in [-0.4, -0.2) is 35.4 Å². The first-order valence-electron chi connectivity index (χ1n) is 7.07. The molecule has 0 radical (unpaired) electrons. The van der Waals surface area contributed by atoms with Crippen molar-refractivity contribution in [1.29, 1.82) is 0 Å². The number of hydrogen-bond acceptors (Lipinski definition) is 6. The van der Waals surface area contributed by atoms with Gasteiger partial charge in [-0.15, -0.1) is 11.3 Å². The van der Waals surface area contributed by atoms with E-state index in [0.717, 1.165) is 4.88 Å². The van der Waals surface area contributed by atoms with Gasteiger partial charge in [0.15, 0.2) is 6.61 Å². The Kier molecular flexibility index (Phi) is 5.64. The Morgan fingerprint density at radius 1 is 1.33 bits per heavy atom. The summed E-state index contributed by atoms with van der Waals surface area (Å²) in [6.07, 6.45) is 0. The largest absolute Gasteiger partial charge is 0.452 e. The Morgan fingerprint density at radius 2 is 2.08 bits per heavy atom. The third-order valence-corrected chi connectivity index (χ3v) is 4.22. The predicted octanol–water partition coefficient (Wildman–Crippen LogP) is 2.78. The fourth-order valence-corrected chi connectivity index (χ4v) is 2.79. The number of aryl methyl sites for hydroxylation is 1. The van der Waals surface area contributed by atoms with Crippen molar-refractivity contribution in [3.63, 3.8) is 0 Å². The summed E-state index contributed by atoms with van der Waals surface area (Å²) in [5.74, 6) is -1.01. The zero-order chi connectivity index (χ0) is 17.7. The molecule has 1 heterocycles. The van der Waals surface area contributed by atoms with E-state index in [9.17, 15) is 19.7 Å². The van der Waals surface area contributed by atoms with Crippen LogP contribution in [0.15, 0.2) is 35.7 Å². The molecule has 7 nitrogen and oxygen atoms in total. The lowest BCUT2D eigenvalue weighted by atomic mass is 10.1. The van der Waals surface area contributed by atoms with Crippen LogP contribution in [-0.2, 0) is 16.1 Å². The average molecular weight is 348 g/mol. The Bertz CT molecular complexity index is 758. The number of nitro benzene ring substituents is 1. The summed E-state index contributed by atoms with van der Waals surface area (Å²) in [4.78, 5) is 36.7. The van der Waals surface area contributed by atoms with Crippen molar-refractivity contribution in [2.75, 3.05) is 13.7 Å². The minimum atomic E-state index is -0.689. The van der Waals surface area contributed by atoms with Crippen LogP contribution >= 0.6 is 11.3 Å². The molecule has 0 atom stereocenters. The van der Waals surface area contributed by atoms with E-state index in [1.54, 1.807) is 7.05 Å². The maximum absolute atomic E-state index is 12.0. The smallest absolute Gasteiger partial charge is 0.338 e. The lowest BCUT2D eigenvalue weighted by Crippen LogP contribution is -2.30. The monoisotopic (exact) mass is 348 g/mol. The number of likely N-dealkylation sites (N-methyl/N-ethyl adjacent to an activating group) is 1. The van der Waals surface area contributed by atoms with Gasteiger partial charge in [0.05, 0.1) is 17.0 Å². The summed E-state index contributed by atoms with van der Waals surface area (Å²) in [6, 6.07) is 7.75. The fourth-order valence-electron chi connectivity index (χ4n) is 2.03. The lowest BCUT2D eigenvalue weighted by Gasteiger charge is -2.16. The second kappa shape index (κ2) is 7.69. The molecule has 1 aromatic carbocycles. The summed E-state index contributed by atoms with van der Waals surface area (Å²) >= 11 is 1.54. The zero-order valence-electron chi connectivity index (χ0n) is 13.2. The van der Waals surface area contributed by atoms with Gasteiger partial charge in [0.1, 0.15) is 0 Å². The highest BCUT2D eigenvalue weighted by Crippen LogP contribution is 2.19. The van der Waals surface area contributed by atoms with Crippen molar-refractivity contribution in [2.45, 2.75) is 13.5 Å². The SMILES string of the molecule is Cc1cc(C(=O)OCC(=O)N(C)Cc2cccs2)ccc1[N+](=O)[O-]. The number of thiophene rings is 1. The molecule has 0 spiro atoms. The van der Waals surface area contributed by atoms with Gasteiger partial charge in [0, 0.05) is 23.6 Å². The third kappa shape index (κ3) is 4.39. The van der Waals surface area contributed by atoms with E-state index >= 15 is 0 Å². The Balaban J connectivity index is 1.91. The van der Waals surface area contributed by atoms with Gasteiger partial charge < -0.3 is 9.64 Å². The Morgan fingerprint density at radius 3 is 2.67 bits per heavy atom. The summed E-state index contributed by atoms with van der Waals surface area (Å²) < 4.78 is 4.99. The summed E-state index contributed by atoms with van der Waals surface area (Å²) in [7, 11) is 1.63. The van der Waals surface area contributed by atoms with Crippen molar-refractivity contribution in [3.05, 3.63) is 61.8 Å². The number of esters is 1. The summed E-state index contributed by atoms with van der Waals surface area (Å²) in [6.45, 7) is 1.61. The number of rotatable bonds is 6. The highest BCUT2D eigenvalue weighted by molar-refractivity contribution is 7.09. The van der Waals surface area contributed by atoms with Gasteiger partial charge in [0.2, 0.25) is 0 Å². The summed E-state index contributed by atoms with van der Waals surface area (Å²) in [5.41, 5.74) is 0.459. The number of carbonyl (C=O) groups excluding carboxylic acids is 2. The maximum atomic E-state index is 12.0. The first-order valence-corrected chi connectivity index (χ1v) is 7.95.